The molecule has 0 bridgehead atoms. The van der Waals surface area contributed by atoms with Crippen molar-refractivity contribution in [3.05, 3.63) is 41.2 Å². The van der Waals surface area contributed by atoms with Crippen molar-refractivity contribution in [3.8, 4) is 11.8 Å². The third kappa shape index (κ3) is 2.77. The molecule has 0 aliphatic heterocycles. The van der Waals surface area contributed by atoms with Crippen LogP contribution in [-0.4, -0.2) is 26.1 Å². The van der Waals surface area contributed by atoms with E-state index in [-0.39, 0.29) is 11.5 Å². The number of rotatable bonds is 5. The second-order valence-corrected chi connectivity index (χ2v) is 4.71. The van der Waals surface area contributed by atoms with E-state index in [1.165, 1.54) is 12.1 Å². The largest absolute Gasteiger partial charge is 0.478 e. The Morgan fingerprint density at radius 3 is 2.43 bits per heavy atom. The summed E-state index contributed by atoms with van der Waals surface area (Å²) in [4.78, 5) is 10.9. The number of carboxylic acid groups (broad SMARTS) is 1. The predicted molar refractivity (Wildman–Crippen MR) is 76.4 cm³/mol. The maximum atomic E-state index is 10.9. The minimum Gasteiger partial charge on any atom is -0.478 e. The molecule has 6 heteroatoms. The van der Waals surface area contributed by atoms with Crippen LogP contribution in [0.3, 0.4) is 0 Å². The van der Waals surface area contributed by atoms with Crippen LogP contribution in [0, 0.1) is 11.3 Å². The molecule has 0 atom stereocenters. The molecule has 1 aromatic carbocycles. The first-order valence-electron chi connectivity index (χ1n) is 6.81. The quantitative estimate of drug-likeness (QED) is 0.911. The van der Waals surface area contributed by atoms with Crippen molar-refractivity contribution in [3.63, 3.8) is 0 Å². The molecular formula is C15H16N4O2. The van der Waals surface area contributed by atoms with Crippen molar-refractivity contribution in [1.29, 1.82) is 5.26 Å². The highest BCUT2D eigenvalue weighted by atomic mass is 16.4. The van der Waals surface area contributed by atoms with Crippen LogP contribution < -0.4 is 0 Å². The Morgan fingerprint density at radius 1 is 1.33 bits per heavy atom. The van der Waals surface area contributed by atoms with Gasteiger partial charge in [-0.1, -0.05) is 19.1 Å². The van der Waals surface area contributed by atoms with Gasteiger partial charge < -0.3 is 5.11 Å². The average molecular weight is 284 g/mol. The highest BCUT2D eigenvalue weighted by Crippen LogP contribution is 2.27. The summed E-state index contributed by atoms with van der Waals surface area (Å²) in [7, 11) is 0. The number of hydrogen-bond acceptors (Lipinski definition) is 4. The first-order valence-corrected chi connectivity index (χ1v) is 6.81. The molecule has 0 spiro atoms. The van der Waals surface area contributed by atoms with E-state index in [0.717, 1.165) is 18.5 Å². The Balaban J connectivity index is 2.51. The SMILES string of the molecule is CCC(CC)c1c(C#N)nnn1-c1ccc(C(=O)O)cc1. The monoisotopic (exact) mass is 284 g/mol. The summed E-state index contributed by atoms with van der Waals surface area (Å²) >= 11 is 0. The fourth-order valence-electron chi connectivity index (χ4n) is 2.35. The molecule has 0 unspecified atom stereocenters. The van der Waals surface area contributed by atoms with E-state index >= 15 is 0 Å². The summed E-state index contributed by atoms with van der Waals surface area (Å²) in [5, 5.41) is 26.1. The lowest BCUT2D eigenvalue weighted by Crippen LogP contribution is -2.08. The van der Waals surface area contributed by atoms with Gasteiger partial charge in [0.15, 0.2) is 5.69 Å². The van der Waals surface area contributed by atoms with Crippen LogP contribution in [0.1, 0.15) is 54.4 Å². The molecule has 6 nitrogen and oxygen atoms in total. The van der Waals surface area contributed by atoms with E-state index in [1.807, 2.05) is 0 Å². The van der Waals surface area contributed by atoms with Gasteiger partial charge in [0.2, 0.25) is 0 Å². The summed E-state index contributed by atoms with van der Waals surface area (Å²) in [5.41, 5.74) is 2.02. The van der Waals surface area contributed by atoms with Gasteiger partial charge in [0.25, 0.3) is 0 Å². The molecule has 0 saturated carbocycles. The number of aromatic nitrogens is 3. The highest BCUT2D eigenvalue weighted by molar-refractivity contribution is 5.87. The summed E-state index contributed by atoms with van der Waals surface area (Å²) in [6.45, 7) is 4.11. The number of benzene rings is 1. The summed E-state index contributed by atoms with van der Waals surface area (Å²) < 4.78 is 1.63. The fourth-order valence-corrected chi connectivity index (χ4v) is 2.35. The molecule has 0 radical (unpaired) electrons. The maximum Gasteiger partial charge on any atom is 0.335 e. The predicted octanol–water partition coefficient (Wildman–Crippen LogP) is 2.74. The van der Waals surface area contributed by atoms with Crippen LogP contribution >= 0.6 is 0 Å². The molecule has 2 rings (SSSR count). The summed E-state index contributed by atoms with van der Waals surface area (Å²) in [5.74, 6) is -0.785. The standard InChI is InChI=1S/C15H16N4O2/c1-3-10(4-2)14-13(9-16)17-18-19(14)12-7-5-11(6-8-12)15(20)21/h5-8,10H,3-4H2,1-2H3,(H,20,21). The van der Waals surface area contributed by atoms with Gasteiger partial charge in [-0.25, -0.2) is 9.48 Å². The van der Waals surface area contributed by atoms with Gasteiger partial charge >= 0.3 is 5.97 Å². The van der Waals surface area contributed by atoms with Crippen molar-refractivity contribution in [2.75, 3.05) is 0 Å². The third-order valence-corrected chi connectivity index (χ3v) is 3.54. The van der Waals surface area contributed by atoms with Gasteiger partial charge in [0.05, 0.1) is 16.9 Å². The van der Waals surface area contributed by atoms with Crippen LogP contribution in [0.2, 0.25) is 0 Å². The van der Waals surface area contributed by atoms with E-state index in [9.17, 15) is 10.1 Å². The molecule has 0 amide bonds. The fraction of sp³-hybridized carbons (Fsp3) is 0.333. The van der Waals surface area contributed by atoms with Gasteiger partial charge in [-0.05, 0) is 37.1 Å². The number of carboxylic acids is 1. The Bertz CT molecular complexity index is 679. The number of hydrogen-bond donors (Lipinski definition) is 1. The number of nitriles is 1. The number of carbonyl (C=O) groups is 1. The van der Waals surface area contributed by atoms with E-state index in [1.54, 1.807) is 16.8 Å². The number of nitrogens with zero attached hydrogens (tertiary/aromatic N) is 4. The number of aromatic carboxylic acids is 1. The topological polar surface area (TPSA) is 91.8 Å². The molecule has 1 aromatic heterocycles. The summed E-state index contributed by atoms with van der Waals surface area (Å²) in [6.07, 6.45) is 1.76. The van der Waals surface area contributed by atoms with Crippen LogP contribution in [0.25, 0.3) is 5.69 Å². The van der Waals surface area contributed by atoms with E-state index in [4.69, 9.17) is 5.11 Å². The average Bonchev–Trinajstić information content (AvgIpc) is 2.92. The van der Waals surface area contributed by atoms with Gasteiger partial charge in [-0.3, -0.25) is 0 Å². The molecule has 108 valence electrons. The lowest BCUT2D eigenvalue weighted by molar-refractivity contribution is 0.0697. The Morgan fingerprint density at radius 2 is 1.95 bits per heavy atom. The molecule has 1 heterocycles. The molecule has 0 aliphatic rings. The van der Waals surface area contributed by atoms with Crippen LogP contribution in [0.15, 0.2) is 24.3 Å². The van der Waals surface area contributed by atoms with Gasteiger partial charge in [0, 0.05) is 5.92 Å². The van der Waals surface area contributed by atoms with Crippen LogP contribution in [-0.2, 0) is 0 Å². The lowest BCUT2D eigenvalue weighted by Gasteiger charge is -2.14. The van der Waals surface area contributed by atoms with E-state index in [2.05, 4.69) is 30.2 Å². The zero-order valence-corrected chi connectivity index (χ0v) is 11.9. The molecule has 2 aromatic rings. The second kappa shape index (κ2) is 6.18. The normalized spacial score (nSPS) is 10.6. The molecular weight excluding hydrogens is 268 g/mol. The van der Waals surface area contributed by atoms with Crippen molar-refractivity contribution in [2.24, 2.45) is 0 Å². The van der Waals surface area contributed by atoms with Gasteiger partial charge in [-0.2, -0.15) is 5.26 Å². The second-order valence-electron chi connectivity index (χ2n) is 4.71. The maximum absolute atomic E-state index is 10.9. The Hall–Kier alpha value is -2.68. The lowest BCUT2D eigenvalue weighted by atomic mass is 9.97. The minimum absolute atomic E-state index is 0.189. The Kier molecular flexibility index (Phi) is 4.33. The highest BCUT2D eigenvalue weighted by Gasteiger charge is 2.21. The van der Waals surface area contributed by atoms with Crippen LogP contribution in [0.5, 0.6) is 0 Å². The first-order chi connectivity index (χ1) is 10.1. The van der Waals surface area contributed by atoms with Crippen molar-refractivity contribution < 1.29 is 9.90 Å². The van der Waals surface area contributed by atoms with E-state index in [0.29, 0.717) is 11.4 Å². The first kappa shape index (κ1) is 14.7. The Labute approximate surface area is 122 Å². The molecule has 0 saturated heterocycles. The molecule has 1 N–H and O–H groups in total. The smallest absolute Gasteiger partial charge is 0.335 e. The van der Waals surface area contributed by atoms with Crippen molar-refractivity contribution >= 4 is 5.97 Å². The van der Waals surface area contributed by atoms with Crippen molar-refractivity contribution in [1.82, 2.24) is 15.0 Å². The third-order valence-electron chi connectivity index (χ3n) is 3.54. The van der Waals surface area contributed by atoms with Gasteiger partial charge in [0.1, 0.15) is 6.07 Å². The van der Waals surface area contributed by atoms with Gasteiger partial charge in [-0.15, -0.1) is 5.10 Å². The van der Waals surface area contributed by atoms with E-state index < -0.39 is 5.97 Å². The molecule has 21 heavy (non-hydrogen) atoms. The van der Waals surface area contributed by atoms with Crippen LogP contribution in [0.4, 0.5) is 0 Å². The minimum atomic E-state index is -0.974. The van der Waals surface area contributed by atoms with Crippen molar-refractivity contribution in [2.45, 2.75) is 32.6 Å². The summed E-state index contributed by atoms with van der Waals surface area (Å²) in [6, 6.07) is 8.45. The molecule has 0 aliphatic carbocycles. The zero-order chi connectivity index (χ0) is 15.4. The molecule has 0 fully saturated rings. The zero-order valence-electron chi connectivity index (χ0n) is 11.9.